The fraction of sp³-hybridized carbons (Fsp3) is 0.0769. The van der Waals surface area contributed by atoms with Gasteiger partial charge in [-0.15, -0.1) is 0 Å². The SMILES string of the molecule is CNC(=O)c1cc(Oc2ccc(NC(=O)c3cc(-c4ccc(C)cc4)ccn3)cc2F)ccn1. The van der Waals surface area contributed by atoms with Crippen LogP contribution in [0.1, 0.15) is 26.5 Å². The van der Waals surface area contributed by atoms with Crippen LogP contribution in [-0.4, -0.2) is 28.8 Å². The summed E-state index contributed by atoms with van der Waals surface area (Å²) in [5.41, 5.74) is 3.55. The van der Waals surface area contributed by atoms with Gasteiger partial charge in [-0.1, -0.05) is 29.8 Å². The van der Waals surface area contributed by atoms with Crippen molar-refractivity contribution < 1.29 is 18.7 Å². The minimum Gasteiger partial charge on any atom is -0.454 e. The number of carbonyl (C=O) groups excluding carboxylic acids is 2. The fourth-order valence-electron chi connectivity index (χ4n) is 3.19. The number of anilines is 1. The van der Waals surface area contributed by atoms with Crippen molar-refractivity contribution in [2.45, 2.75) is 6.92 Å². The van der Waals surface area contributed by atoms with Crippen LogP contribution in [0.2, 0.25) is 0 Å². The van der Waals surface area contributed by atoms with Crippen LogP contribution >= 0.6 is 0 Å². The summed E-state index contributed by atoms with van der Waals surface area (Å²) < 4.78 is 20.2. The van der Waals surface area contributed by atoms with Gasteiger partial charge in [-0.2, -0.15) is 0 Å². The van der Waals surface area contributed by atoms with Gasteiger partial charge in [0.1, 0.15) is 17.1 Å². The number of aryl methyl sites for hydroxylation is 1. The van der Waals surface area contributed by atoms with Crippen molar-refractivity contribution in [3.63, 3.8) is 0 Å². The van der Waals surface area contributed by atoms with Crippen molar-refractivity contribution >= 4 is 17.5 Å². The number of halogens is 1. The molecule has 0 saturated heterocycles. The van der Waals surface area contributed by atoms with Crippen molar-refractivity contribution in [2.75, 3.05) is 12.4 Å². The van der Waals surface area contributed by atoms with Gasteiger partial charge < -0.3 is 15.4 Å². The standard InChI is InChI=1S/C26H21FN4O3/c1-16-3-5-17(6-4-16)18-9-11-29-22(13-18)26(33)31-19-7-8-24(21(27)14-19)34-20-10-12-30-23(15-20)25(32)28-2/h3-15H,1-2H3,(H,28,32)(H,31,33). The van der Waals surface area contributed by atoms with E-state index < -0.39 is 11.7 Å². The highest BCUT2D eigenvalue weighted by Crippen LogP contribution is 2.27. The molecule has 0 fully saturated rings. The van der Waals surface area contributed by atoms with Gasteiger partial charge in [0.15, 0.2) is 11.6 Å². The van der Waals surface area contributed by atoms with Crippen LogP contribution in [0.5, 0.6) is 11.5 Å². The zero-order chi connectivity index (χ0) is 24.1. The number of carbonyl (C=O) groups is 2. The van der Waals surface area contributed by atoms with E-state index in [1.807, 2.05) is 37.3 Å². The molecule has 8 heteroatoms. The number of benzene rings is 2. The zero-order valence-electron chi connectivity index (χ0n) is 18.5. The summed E-state index contributed by atoms with van der Waals surface area (Å²) in [6, 6.07) is 18.4. The summed E-state index contributed by atoms with van der Waals surface area (Å²) in [4.78, 5) is 32.5. The summed E-state index contributed by atoms with van der Waals surface area (Å²) in [5.74, 6) is -1.35. The van der Waals surface area contributed by atoms with Gasteiger partial charge in [0.2, 0.25) is 0 Å². The Bertz CT molecular complexity index is 1360. The van der Waals surface area contributed by atoms with Crippen LogP contribution < -0.4 is 15.4 Å². The average molecular weight is 456 g/mol. The predicted octanol–water partition coefficient (Wildman–Crippen LogP) is 5.00. The molecule has 2 N–H and O–H groups in total. The number of hydrogen-bond donors (Lipinski definition) is 2. The molecule has 2 amide bonds. The number of pyridine rings is 2. The molecule has 7 nitrogen and oxygen atoms in total. The van der Waals surface area contributed by atoms with Crippen molar-refractivity contribution in [1.29, 1.82) is 0 Å². The second-order valence-corrected chi connectivity index (χ2v) is 7.45. The predicted molar refractivity (Wildman–Crippen MR) is 126 cm³/mol. The molecule has 4 aromatic rings. The highest BCUT2D eigenvalue weighted by Gasteiger charge is 2.13. The van der Waals surface area contributed by atoms with Gasteiger partial charge in [0.05, 0.1) is 0 Å². The Morgan fingerprint density at radius 2 is 1.53 bits per heavy atom. The average Bonchev–Trinajstić information content (AvgIpc) is 2.86. The summed E-state index contributed by atoms with van der Waals surface area (Å²) in [5, 5.41) is 5.11. The molecule has 0 saturated carbocycles. The number of nitrogens with one attached hydrogen (secondary N) is 2. The first-order chi connectivity index (χ1) is 16.4. The molecule has 0 aliphatic rings. The molecule has 2 aromatic heterocycles. The second kappa shape index (κ2) is 9.91. The molecular formula is C26H21FN4O3. The lowest BCUT2D eigenvalue weighted by atomic mass is 10.0. The monoisotopic (exact) mass is 456 g/mol. The Labute approximate surface area is 195 Å². The van der Waals surface area contributed by atoms with E-state index in [-0.39, 0.29) is 34.5 Å². The first-order valence-corrected chi connectivity index (χ1v) is 10.4. The lowest BCUT2D eigenvalue weighted by molar-refractivity contribution is 0.0957. The molecule has 170 valence electrons. The molecule has 0 radical (unpaired) electrons. The third-order valence-electron chi connectivity index (χ3n) is 4.99. The van der Waals surface area contributed by atoms with E-state index in [2.05, 4.69) is 20.6 Å². The van der Waals surface area contributed by atoms with Crippen LogP contribution in [-0.2, 0) is 0 Å². The molecule has 0 aliphatic carbocycles. The van der Waals surface area contributed by atoms with Crippen molar-refractivity contribution in [1.82, 2.24) is 15.3 Å². The molecule has 0 aliphatic heterocycles. The van der Waals surface area contributed by atoms with E-state index in [1.165, 1.54) is 37.5 Å². The number of ether oxygens (including phenoxy) is 1. The van der Waals surface area contributed by atoms with Gasteiger partial charge >= 0.3 is 0 Å². The second-order valence-electron chi connectivity index (χ2n) is 7.45. The number of nitrogens with zero attached hydrogens (tertiary/aromatic N) is 2. The largest absolute Gasteiger partial charge is 0.454 e. The maximum Gasteiger partial charge on any atom is 0.274 e. The summed E-state index contributed by atoms with van der Waals surface area (Å²) in [6.07, 6.45) is 2.95. The molecule has 0 spiro atoms. The maximum absolute atomic E-state index is 14.6. The fourth-order valence-corrected chi connectivity index (χ4v) is 3.19. The van der Waals surface area contributed by atoms with Crippen LogP contribution in [0.15, 0.2) is 79.1 Å². The summed E-state index contributed by atoms with van der Waals surface area (Å²) >= 11 is 0. The van der Waals surface area contributed by atoms with E-state index in [9.17, 15) is 14.0 Å². The Hall–Kier alpha value is -4.59. The minimum absolute atomic E-state index is 0.0634. The Morgan fingerprint density at radius 1 is 0.824 bits per heavy atom. The lowest BCUT2D eigenvalue weighted by Gasteiger charge is -2.10. The van der Waals surface area contributed by atoms with Gasteiger partial charge in [-0.25, -0.2) is 4.39 Å². The van der Waals surface area contributed by atoms with E-state index in [1.54, 1.807) is 12.3 Å². The van der Waals surface area contributed by atoms with Crippen molar-refractivity contribution in [3.05, 3.63) is 102 Å². The van der Waals surface area contributed by atoms with Crippen LogP contribution in [0.3, 0.4) is 0 Å². The third kappa shape index (κ3) is 5.24. The number of aromatic nitrogens is 2. The molecule has 34 heavy (non-hydrogen) atoms. The number of amides is 2. The third-order valence-corrected chi connectivity index (χ3v) is 4.99. The normalized spacial score (nSPS) is 10.4. The van der Waals surface area contributed by atoms with Gasteiger partial charge in [0.25, 0.3) is 11.8 Å². The zero-order valence-corrected chi connectivity index (χ0v) is 18.5. The molecule has 0 unspecified atom stereocenters. The topological polar surface area (TPSA) is 93.2 Å². The molecule has 2 heterocycles. The van der Waals surface area contributed by atoms with Gasteiger partial charge in [-0.3, -0.25) is 19.6 Å². The molecule has 0 atom stereocenters. The number of rotatable bonds is 6. The molecule has 2 aromatic carbocycles. The van der Waals surface area contributed by atoms with E-state index in [4.69, 9.17) is 4.74 Å². The first kappa shape index (κ1) is 22.6. The quantitative estimate of drug-likeness (QED) is 0.426. The lowest BCUT2D eigenvalue weighted by Crippen LogP contribution is -2.18. The van der Waals surface area contributed by atoms with E-state index >= 15 is 0 Å². The van der Waals surface area contributed by atoms with E-state index in [0.29, 0.717) is 0 Å². The Balaban J connectivity index is 1.48. The van der Waals surface area contributed by atoms with Gasteiger partial charge in [0, 0.05) is 37.3 Å². The van der Waals surface area contributed by atoms with Crippen LogP contribution in [0.25, 0.3) is 11.1 Å². The number of hydrogen-bond acceptors (Lipinski definition) is 5. The van der Waals surface area contributed by atoms with Crippen molar-refractivity contribution in [3.8, 4) is 22.6 Å². The smallest absolute Gasteiger partial charge is 0.274 e. The van der Waals surface area contributed by atoms with Crippen LogP contribution in [0, 0.1) is 12.7 Å². The van der Waals surface area contributed by atoms with E-state index in [0.717, 1.165) is 22.8 Å². The van der Waals surface area contributed by atoms with Gasteiger partial charge in [-0.05, 0) is 48.4 Å². The highest BCUT2D eigenvalue weighted by molar-refractivity contribution is 6.03. The van der Waals surface area contributed by atoms with Crippen molar-refractivity contribution in [2.24, 2.45) is 0 Å². The highest BCUT2D eigenvalue weighted by atomic mass is 19.1. The molecular weight excluding hydrogens is 435 g/mol. The first-order valence-electron chi connectivity index (χ1n) is 10.4. The Kier molecular flexibility index (Phi) is 6.59. The summed E-state index contributed by atoms with van der Waals surface area (Å²) in [7, 11) is 1.48. The minimum atomic E-state index is -0.683. The summed E-state index contributed by atoms with van der Waals surface area (Å²) in [6.45, 7) is 2.00. The maximum atomic E-state index is 14.6. The molecule has 4 rings (SSSR count). The molecule has 0 bridgehead atoms. The Morgan fingerprint density at radius 3 is 2.24 bits per heavy atom. The van der Waals surface area contributed by atoms with Crippen LogP contribution in [0.4, 0.5) is 10.1 Å².